The molecule has 2 unspecified atom stereocenters. The van der Waals surface area contributed by atoms with Gasteiger partial charge in [0.05, 0.1) is 6.10 Å². The number of hydrogen-bond acceptors (Lipinski definition) is 4. The van der Waals surface area contributed by atoms with E-state index in [9.17, 15) is 0 Å². The van der Waals surface area contributed by atoms with Gasteiger partial charge in [0.25, 0.3) is 0 Å². The Morgan fingerprint density at radius 1 is 1.42 bits per heavy atom. The van der Waals surface area contributed by atoms with Crippen LogP contribution in [-0.2, 0) is 4.74 Å². The van der Waals surface area contributed by atoms with Crippen LogP contribution in [0.25, 0.3) is 0 Å². The third-order valence-corrected chi connectivity index (χ3v) is 4.18. The highest BCUT2D eigenvalue weighted by molar-refractivity contribution is 6.30. The molecule has 5 heteroatoms. The van der Waals surface area contributed by atoms with Crippen molar-refractivity contribution < 1.29 is 4.74 Å². The van der Waals surface area contributed by atoms with E-state index < -0.39 is 0 Å². The van der Waals surface area contributed by atoms with Crippen LogP contribution in [0.1, 0.15) is 38.7 Å². The van der Waals surface area contributed by atoms with Gasteiger partial charge in [-0.2, -0.15) is 0 Å². The number of rotatable bonds is 3. The highest BCUT2D eigenvalue weighted by Gasteiger charge is 2.29. The zero-order valence-electron chi connectivity index (χ0n) is 12.1. The number of hydrogen-bond donors (Lipinski definition) is 0. The molecule has 106 valence electrons. The summed E-state index contributed by atoms with van der Waals surface area (Å²) in [6.45, 7) is 8.34. The number of nitrogens with zero attached hydrogens (tertiary/aromatic N) is 3. The monoisotopic (exact) mass is 283 g/mol. The van der Waals surface area contributed by atoms with Gasteiger partial charge in [-0.25, -0.2) is 9.97 Å². The molecule has 0 aromatic carbocycles. The molecule has 19 heavy (non-hydrogen) atoms. The molecule has 0 spiro atoms. The predicted octanol–water partition coefficient (Wildman–Crippen LogP) is 3.11. The van der Waals surface area contributed by atoms with Crippen molar-refractivity contribution >= 4 is 17.4 Å². The lowest BCUT2D eigenvalue weighted by molar-refractivity contribution is 0.0496. The van der Waals surface area contributed by atoms with Gasteiger partial charge in [-0.15, -0.1) is 0 Å². The van der Waals surface area contributed by atoms with E-state index in [-0.39, 0.29) is 6.10 Å². The molecule has 0 amide bonds. The Morgan fingerprint density at radius 3 is 2.79 bits per heavy atom. The van der Waals surface area contributed by atoms with Gasteiger partial charge in [0, 0.05) is 25.8 Å². The van der Waals surface area contributed by atoms with Gasteiger partial charge in [0.2, 0.25) is 0 Å². The first-order chi connectivity index (χ1) is 9.04. The zero-order valence-corrected chi connectivity index (χ0v) is 12.8. The van der Waals surface area contributed by atoms with E-state index >= 15 is 0 Å². The van der Waals surface area contributed by atoms with Crippen molar-refractivity contribution in [2.75, 3.05) is 25.1 Å². The molecule has 0 N–H and O–H groups in total. The van der Waals surface area contributed by atoms with E-state index in [0.29, 0.717) is 17.0 Å². The van der Waals surface area contributed by atoms with Gasteiger partial charge in [-0.1, -0.05) is 32.4 Å². The number of aromatic nitrogens is 2. The molecule has 1 aliphatic rings. The lowest BCUT2D eigenvalue weighted by atomic mass is 9.95. The van der Waals surface area contributed by atoms with E-state index in [1.165, 1.54) is 0 Å². The smallest absolute Gasteiger partial charge is 0.138 e. The second-order valence-corrected chi connectivity index (χ2v) is 5.90. The number of ether oxygens (including phenoxy) is 1. The first kappa shape index (κ1) is 14.5. The molecule has 1 aromatic heterocycles. The average molecular weight is 284 g/mol. The predicted molar refractivity (Wildman–Crippen MR) is 77.9 cm³/mol. The summed E-state index contributed by atoms with van der Waals surface area (Å²) in [6.07, 6.45) is 2.91. The Balaban J connectivity index is 2.29. The minimum absolute atomic E-state index is 0.252. The second-order valence-electron chi connectivity index (χ2n) is 5.54. The van der Waals surface area contributed by atoms with Crippen molar-refractivity contribution in [2.24, 2.45) is 5.92 Å². The van der Waals surface area contributed by atoms with Crippen molar-refractivity contribution in [3.63, 3.8) is 0 Å². The van der Waals surface area contributed by atoms with Gasteiger partial charge < -0.3 is 9.64 Å². The summed E-state index contributed by atoms with van der Waals surface area (Å²) >= 11 is 6.23. The molecular weight excluding hydrogens is 262 g/mol. The van der Waals surface area contributed by atoms with Crippen LogP contribution in [0.4, 0.5) is 5.82 Å². The maximum Gasteiger partial charge on any atom is 0.138 e. The fourth-order valence-electron chi connectivity index (χ4n) is 2.65. The summed E-state index contributed by atoms with van der Waals surface area (Å²) in [7, 11) is 1.78. The van der Waals surface area contributed by atoms with Crippen molar-refractivity contribution in [1.82, 2.24) is 9.97 Å². The van der Waals surface area contributed by atoms with Crippen LogP contribution < -0.4 is 4.90 Å². The molecule has 1 aromatic rings. The maximum absolute atomic E-state index is 6.23. The second kappa shape index (κ2) is 6.06. The lowest BCUT2D eigenvalue weighted by Crippen LogP contribution is -2.44. The molecule has 2 atom stereocenters. The Bertz CT molecular complexity index is 439. The Morgan fingerprint density at radius 2 is 2.16 bits per heavy atom. The first-order valence-corrected chi connectivity index (χ1v) is 7.20. The van der Waals surface area contributed by atoms with Crippen LogP contribution in [0.2, 0.25) is 5.15 Å². The standard InChI is InChI=1S/C14H22ClN3O/c1-9(2)12-13(15)16-8-17-14(12)18-6-5-10(3)11(7-18)19-4/h8-11H,5-7H2,1-4H3. The van der Waals surface area contributed by atoms with E-state index in [0.717, 1.165) is 30.9 Å². The molecule has 2 heterocycles. The van der Waals surface area contributed by atoms with E-state index in [1.807, 2.05) is 0 Å². The molecule has 0 saturated carbocycles. The first-order valence-electron chi connectivity index (χ1n) is 6.82. The molecule has 2 rings (SSSR count). The molecule has 0 radical (unpaired) electrons. The van der Waals surface area contributed by atoms with Crippen molar-refractivity contribution in [3.8, 4) is 0 Å². The van der Waals surface area contributed by atoms with E-state index in [4.69, 9.17) is 16.3 Å². The van der Waals surface area contributed by atoms with Crippen LogP contribution in [0, 0.1) is 5.92 Å². The Labute approximate surface area is 120 Å². The summed E-state index contributed by atoms with van der Waals surface area (Å²) in [5.74, 6) is 1.86. The van der Waals surface area contributed by atoms with Crippen molar-refractivity contribution in [3.05, 3.63) is 17.0 Å². The van der Waals surface area contributed by atoms with Crippen LogP contribution >= 0.6 is 11.6 Å². The van der Waals surface area contributed by atoms with Gasteiger partial charge in [0.15, 0.2) is 0 Å². The Hall–Kier alpha value is -0.870. The molecule has 1 fully saturated rings. The van der Waals surface area contributed by atoms with Crippen molar-refractivity contribution in [2.45, 2.75) is 39.2 Å². The molecule has 0 aliphatic carbocycles. The summed E-state index contributed by atoms with van der Waals surface area (Å²) in [4.78, 5) is 10.8. The fraction of sp³-hybridized carbons (Fsp3) is 0.714. The minimum atomic E-state index is 0.252. The quantitative estimate of drug-likeness (QED) is 0.799. The lowest BCUT2D eigenvalue weighted by Gasteiger charge is -2.38. The fourth-order valence-corrected chi connectivity index (χ4v) is 2.99. The number of halogens is 1. The average Bonchev–Trinajstić information content (AvgIpc) is 2.38. The summed E-state index contributed by atoms with van der Waals surface area (Å²) < 4.78 is 5.57. The summed E-state index contributed by atoms with van der Waals surface area (Å²) in [6, 6.07) is 0. The number of anilines is 1. The number of piperidine rings is 1. The molecule has 4 nitrogen and oxygen atoms in total. The topological polar surface area (TPSA) is 38.2 Å². The van der Waals surface area contributed by atoms with E-state index in [2.05, 4.69) is 35.6 Å². The molecule has 1 aliphatic heterocycles. The highest BCUT2D eigenvalue weighted by Crippen LogP contribution is 2.33. The molecular formula is C14H22ClN3O. The third kappa shape index (κ3) is 3.00. The normalized spacial score (nSPS) is 24.0. The largest absolute Gasteiger partial charge is 0.379 e. The maximum atomic E-state index is 6.23. The van der Waals surface area contributed by atoms with E-state index in [1.54, 1.807) is 13.4 Å². The van der Waals surface area contributed by atoms with Crippen LogP contribution in [-0.4, -0.2) is 36.3 Å². The van der Waals surface area contributed by atoms with Crippen LogP contribution in [0.15, 0.2) is 6.33 Å². The summed E-state index contributed by atoms with van der Waals surface area (Å²) in [5.41, 5.74) is 1.04. The summed E-state index contributed by atoms with van der Waals surface area (Å²) in [5, 5.41) is 0.563. The zero-order chi connectivity index (χ0) is 14.0. The minimum Gasteiger partial charge on any atom is -0.379 e. The third-order valence-electron chi connectivity index (χ3n) is 3.88. The van der Waals surface area contributed by atoms with Gasteiger partial charge >= 0.3 is 0 Å². The molecule has 0 bridgehead atoms. The van der Waals surface area contributed by atoms with Crippen LogP contribution in [0.5, 0.6) is 0 Å². The van der Waals surface area contributed by atoms with Crippen LogP contribution in [0.3, 0.4) is 0 Å². The van der Waals surface area contributed by atoms with Gasteiger partial charge in [0.1, 0.15) is 17.3 Å². The highest BCUT2D eigenvalue weighted by atomic mass is 35.5. The Kier molecular flexibility index (Phi) is 4.63. The number of methoxy groups -OCH3 is 1. The van der Waals surface area contributed by atoms with Gasteiger partial charge in [-0.3, -0.25) is 0 Å². The van der Waals surface area contributed by atoms with Gasteiger partial charge in [-0.05, 0) is 18.3 Å². The van der Waals surface area contributed by atoms with Crippen molar-refractivity contribution in [1.29, 1.82) is 0 Å². The molecule has 1 saturated heterocycles. The SMILES string of the molecule is COC1CN(c2ncnc(Cl)c2C(C)C)CCC1C.